The average Bonchev–Trinajstić information content (AvgIpc) is 1.87. The van der Waals surface area contributed by atoms with Crippen molar-refractivity contribution in [2.45, 2.75) is 40.0 Å². The van der Waals surface area contributed by atoms with Crippen molar-refractivity contribution in [1.82, 2.24) is 0 Å². The predicted molar refractivity (Wildman–Crippen MR) is 43.7 cm³/mol. The number of Topliss-reactive ketones (excluding diaryl/α,β-unsaturated/α-hetero) is 1. The molecule has 0 saturated heterocycles. The van der Waals surface area contributed by atoms with E-state index in [1.807, 2.05) is 6.92 Å². The third kappa shape index (κ3) is 5.80. The Hall–Kier alpha value is -0.330. The smallest absolute Gasteiger partial charge is 0.136 e. The molecule has 0 aromatic rings. The molecule has 0 rings (SSSR count). The number of ketones is 1. The van der Waals surface area contributed by atoms with Gasteiger partial charge in [0.1, 0.15) is 5.78 Å². The predicted octanol–water partition coefficient (Wildman–Crippen LogP) is 2.61. The largest absolute Gasteiger partial charge is 0.299 e. The maximum absolute atomic E-state index is 10.7. The summed E-state index contributed by atoms with van der Waals surface area (Å²) in [6.07, 6.45) is 4.54. The molecule has 1 heteroatoms. The summed E-state index contributed by atoms with van der Waals surface area (Å²) >= 11 is 0. The summed E-state index contributed by atoms with van der Waals surface area (Å²) in [6, 6.07) is 0. The molecule has 0 unspecified atom stereocenters. The highest BCUT2D eigenvalue weighted by Crippen LogP contribution is 2.06. The Balaban J connectivity index is 3.12. The van der Waals surface area contributed by atoms with Crippen LogP contribution in [0.1, 0.15) is 40.0 Å². The Bertz CT molecular complexity index is 94.9. The van der Waals surface area contributed by atoms with Gasteiger partial charge in [-0.1, -0.05) is 27.2 Å². The van der Waals surface area contributed by atoms with Crippen molar-refractivity contribution in [1.29, 1.82) is 0 Å². The molecule has 0 aliphatic carbocycles. The molecule has 0 aliphatic heterocycles. The zero-order chi connectivity index (χ0) is 7.98. The lowest BCUT2D eigenvalue weighted by atomic mass is 10.0. The Morgan fingerprint density at radius 2 is 2.10 bits per heavy atom. The minimum atomic E-state index is 0.278. The number of carbonyl (C=O) groups is 1. The molecule has 0 spiro atoms. The summed E-state index contributed by atoms with van der Waals surface area (Å²) in [5.74, 6) is 0.988. The van der Waals surface area contributed by atoms with Gasteiger partial charge < -0.3 is 0 Å². The fourth-order valence-electron chi connectivity index (χ4n) is 0.722. The second kappa shape index (κ2) is 5.45. The van der Waals surface area contributed by atoms with E-state index in [2.05, 4.69) is 13.8 Å². The molecule has 0 aromatic heterocycles. The minimum absolute atomic E-state index is 0.278. The summed E-state index contributed by atoms with van der Waals surface area (Å²) in [7, 11) is 0. The van der Waals surface area contributed by atoms with E-state index >= 15 is 0 Å². The molecule has 0 fully saturated rings. The van der Waals surface area contributed by atoms with E-state index in [1.54, 1.807) is 6.42 Å². The molecule has 10 heavy (non-hydrogen) atoms. The molecule has 1 radical (unpaired) electrons. The van der Waals surface area contributed by atoms with Gasteiger partial charge in [0, 0.05) is 12.8 Å². The van der Waals surface area contributed by atoms with E-state index < -0.39 is 0 Å². The van der Waals surface area contributed by atoms with Crippen molar-refractivity contribution in [2.75, 3.05) is 0 Å². The lowest BCUT2D eigenvalue weighted by Crippen LogP contribution is -1.97. The van der Waals surface area contributed by atoms with Crippen LogP contribution in [0.4, 0.5) is 0 Å². The highest BCUT2D eigenvalue weighted by Gasteiger charge is 1.99. The fourth-order valence-corrected chi connectivity index (χ4v) is 0.722. The molecule has 0 aliphatic rings. The first-order valence-electron chi connectivity index (χ1n) is 4.02. The molecule has 0 amide bonds. The normalized spacial score (nSPS) is 10.4. The summed E-state index contributed by atoms with van der Waals surface area (Å²) in [4.78, 5) is 10.7. The standard InChI is InChI=1S/C9H17O/c1-4-9(10)7-5-6-8(2)3/h7-8H,4-6H2,1-3H3. The maximum atomic E-state index is 10.7. The Kier molecular flexibility index (Phi) is 5.27. The van der Waals surface area contributed by atoms with Crippen LogP contribution in [0.15, 0.2) is 0 Å². The van der Waals surface area contributed by atoms with Crippen molar-refractivity contribution in [3.63, 3.8) is 0 Å². The van der Waals surface area contributed by atoms with Gasteiger partial charge in [-0.05, 0) is 12.3 Å². The minimum Gasteiger partial charge on any atom is -0.299 e. The number of hydrogen-bond acceptors (Lipinski definition) is 1. The molecule has 0 atom stereocenters. The van der Waals surface area contributed by atoms with Gasteiger partial charge in [-0.15, -0.1) is 0 Å². The van der Waals surface area contributed by atoms with Crippen LogP contribution in [0.2, 0.25) is 0 Å². The van der Waals surface area contributed by atoms with Crippen LogP contribution in [0.25, 0.3) is 0 Å². The van der Waals surface area contributed by atoms with Crippen molar-refractivity contribution in [2.24, 2.45) is 5.92 Å². The summed E-state index contributed by atoms with van der Waals surface area (Å²) in [6.45, 7) is 6.24. The van der Waals surface area contributed by atoms with Gasteiger partial charge in [-0.3, -0.25) is 4.79 Å². The molecule has 0 saturated carbocycles. The van der Waals surface area contributed by atoms with Crippen LogP contribution in [-0.2, 0) is 4.79 Å². The van der Waals surface area contributed by atoms with E-state index in [9.17, 15) is 4.79 Å². The van der Waals surface area contributed by atoms with Crippen molar-refractivity contribution < 1.29 is 4.79 Å². The zero-order valence-electron chi connectivity index (χ0n) is 7.18. The first kappa shape index (κ1) is 9.67. The van der Waals surface area contributed by atoms with E-state index in [1.165, 1.54) is 0 Å². The Labute approximate surface area is 63.8 Å². The molecule has 59 valence electrons. The Morgan fingerprint density at radius 3 is 2.50 bits per heavy atom. The maximum Gasteiger partial charge on any atom is 0.136 e. The molecule has 1 nitrogen and oxygen atoms in total. The topological polar surface area (TPSA) is 17.1 Å². The lowest BCUT2D eigenvalue weighted by molar-refractivity contribution is -0.115. The van der Waals surface area contributed by atoms with Crippen LogP contribution < -0.4 is 0 Å². The number of rotatable bonds is 5. The van der Waals surface area contributed by atoms with Crippen molar-refractivity contribution in [3.05, 3.63) is 6.42 Å². The van der Waals surface area contributed by atoms with Crippen LogP contribution in [0, 0.1) is 12.3 Å². The molecule has 0 aromatic carbocycles. The monoisotopic (exact) mass is 141 g/mol. The summed E-state index contributed by atoms with van der Waals surface area (Å²) < 4.78 is 0. The quantitative estimate of drug-likeness (QED) is 0.575. The third-order valence-corrected chi connectivity index (χ3v) is 1.46. The van der Waals surface area contributed by atoms with E-state index in [0.717, 1.165) is 12.8 Å². The summed E-state index contributed by atoms with van der Waals surface area (Å²) in [5.41, 5.74) is 0. The van der Waals surface area contributed by atoms with E-state index in [-0.39, 0.29) is 5.78 Å². The van der Waals surface area contributed by atoms with Crippen LogP contribution in [0.5, 0.6) is 0 Å². The van der Waals surface area contributed by atoms with Gasteiger partial charge >= 0.3 is 0 Å². The SMILES string of the molecule is CCC(=O)[CH]CCC(C)C. The number of carbonyl (C=O) groups excluding carboxylic acids is 1. The average molecular weight is 141 g/mol. The second-order valence-electron chi connectivity index (χ2n) is 3.00. The van der Waals surface area contributed by atoms with Gasteiger partial charge in [0.15, 0.2) is 0 Å². The molecule has 0 N–H and O–H groups in total. The zero-order valence-corrected chi connectivity index (χ0v) is 7.18. The molecular formula is C9H17O. The molecular weight excluding hydrogens is 124 g/mol. The van der Waals surface area contributed by atoms with Crippen molar-refractivity contribution >= 4 is 5.78 Å². The van der Waals surface area contributed by atoms with Crippen LogP contribution in [-0.4, -0.2) is 5.78 Å². The Morgan fingerprint density at radius 1 is 1.50 bits per heavy atom. The first-order valence-corrected chi connectivity index (χ1v) is 4.02. The number of hydrogen-bond donors (Lipinski definition) is 0. The third-order valence-electron chi connectivity index (χ3n) is 1.46. The highest BCUT2D eigenvalue weighted by atomic mass is 16.1. The first-order chi connectivity index (χ1) is 4.66. The van der Waals surface area contributed by atoms with Gasteiger partial charge in [-0.2, -0.15) is 0 Å². The fraction of sp³-hybridized carbons (Fsp3) is 0.778. The van der Waals surface area contributed by atoms with E-state index in [0.29, 0.717) is 12.3 Å². The highest BCUT2D eigenvalue weighted by molar-refractivity contribution is 5.86. The van der Waals surface area contributed by atoms with Gasteiger partial charge in [0.05, 0.1) is 0 Å². The van der Waals surface area contributed by atoms with Crippen LogP contribution in [0.3, 0.4) is 0 Å². The lowest BCUT2D eigenvalue weighted by Gasteiger charge is -2.01. The van der Waals surface area contributed by atoms with Gasteiger partial charge in [0.2, 0.25) is 0 Å². The summed E-state index contributed by atoms with van der Waals surface area (Å²) in [5, 5.41) is 0. The van der Waals surface area contributed by atoms with Crippen molar-refractivity contribution in [3.8, 4) is 0 Å². The molecule has 0 bridgehead atoms. The van der Waals surface area contributed by atoms with Gasteiger partial charge in [0.25, 0.3) is 0 Å². The van der Waals surface area contributed by atoms with Crippen LogP contribution >= 0.6 is 0 Å². The second-order valence-corrected chi connectivity index (χ2v) is 3.00. The molecule has 0 heterocycles. The van der Waals surface area contributed by atoms with E-state index in [4.69, 9.17) is 0 Å². The van der Waals surface area contributed by atoms with Gasteiger partial charge in [-0.25, -0.2) is 0 Å².